The van der Waals surface area contributed by atoms with Gasteiger partial charge in [0.15, 0.2) is 5.96 Å². The number of hydrogen-bond acceptors (Lipinski definition) is 3. The van der Waals surface area contributed by atoms with E-state index in [1.807, 2.05) is 55.5 Å². The molecule has 0 aromatic heterocycles. The smallest absolute Gasteiger partial charge is 0.191 e. The van der Waals surface area contributed by atoms with Crippen molar-refractivity contribution in [2.45, 2.75) is 13.5 Å². The number of para-hydroxylation sites is 1. The van der Waals surface area contributed by atoms with Gasteiger partial charge in [-0.05, 0) is 36.2 Å². The molecule has 6 heteroatoms. The molecule has 0 bridgehead atoms. The molecule has 0 aliphatic heterocycles. The van der Waals surface area contributed by atoms with Crippen LogP contribution in [0.15, 0.2) is 53.5 Å². The van der Waals surface area contributed by atoms with Crippen LogP contribution in [0.1, 0.15) is 11.1 Å². The van der Waals surface area contributed by atoms with Crippen molar-refractivity contribution in [1.82, 2.24) is 10.6 Å². The minimum atomic E-state index is 0. The topological polar surface area (TPSA) is 54.9 Å². The Labute approximate surface area is 166 Å². The Kier molecular flexibility index (Phi) is 9.76. The zero-order valence-corrected chi connectivity index (χ0v) is 17.2. The molecule has 0 aliphatic carbocycles. The molecule has 0 saturated heterocycles. The highest BCUT2D eigenvalue weighted by Crippen LogP contribution is 2.15. The normalized spacial score (nSPS) is 10.6. The van der Waals surface area contributed by atoms with Crippen LogP contribution in [-0.4, -0.2) is 33.3 Å². The van der Waals surface area contributed by atoms with Gasteiger partial charge >= 0.3 is 0 Å². The summed E-state index contributed by atoms with van der Waals surface area (Å²) in [4.78, 5) is 4.22. The Bertz CT molecular complexity index is 677. The van der Waals surface area contributed by atoms with Crippen molar-refractivity contribution in [2.75, 3.05) is 27.3 Å². The summed E-state index contributed by atoms with van der Waals surface area (Å²) < 4.78 is 11.0. The molecule has 0 spiro atoms. The Morgan fingerprint density at radius 3 is 2.60 bits per heavy atom. The van der Waals surface area contributed by atoms with E-state index in [1.54, 1.807) is 14.2 Å². The van der Waals surface area contributed by atoms with Gasteiger partial charge in [0.1, 0.15) is 18.1 Å². The number of rotatable bonds is 7. The van der Waals surface area contributed by atoms with Crippen LogP contribution in [-0.2, 0) is 6.54 Å². The lowest BCUT2D eigenvalue weighted by atomic mass is 10.2. The largest absolute Gasteiger partial charge is 0.497 e. The molecule has 2 N–H and O–H groups in total. The Morgan fingerprint density at radius 1 is 1.08 bits per heavy atom. The molecule has 0 unspecified atom stereocenters. The lowest BCUT2D eigenvalue weighted by molar-refractivity contribution is 0.320. The van der Waals surface area contributed by atoms with E-state index in [4.69, 9.17) is 9.47 Å². The zero-order chi connectivity index (χ0) is 17.2. The third-order valence-corrected chi connectivity index (χ3v) is 3.56. The molecule has 0 amide bonds. The molecule has 0 saturated carbocycles. The lowest BCUT2D eigenvalue weighted by Gasteiger charge is -2.13. The molecule has 0 atom stereocenters. The number of benzene rings is 2. The summed E-state index contributed by atoms with van der Waals surface area (Å²) in [6.07, 6.45) is 0. The van der Waals surface area contributed by atoms with Crippen molar-refractivity contribution in [3.8, 4) is 11.5 Å². The third-order valence-electron chi connectivity index (χ3n) is 3.56. The first-order valence-electron chi connectivity index (χ1n) is 7.99. The highest BCUT2D eigenvalue weighted by molar-refractivity contribution is 14.0. The standard InChI is InChI=1S/C19H25N3O2.HI/c1-15-7-4-5-10-18(15)24-12-11-21-19(20-2)22-14-16-8-6-9-17(13-16)23-3;/h4-10,13H,11-12,14H2,1-3H3,(H2,20,21,22);1H. The molecule has 25 heavy (non-hydrogen) atoms. The highest BCUT2D eigenvalue weighted by atomic mass is 127. The second kappa shape index (κ2) is 11.6. The number of guanidine groups is 1. The summed E-state index contributed by atoms with van der Waals surface area (Å²) in [5.41, 5.74) is 2.27. The molecule has 2 rings (SSSR count). The summed E-state index contributed by atoms with van der Waals surface area (Å²) in [7, 11) is 3.42. The second-order valence-electron chi connectivity index (χ2n) is 5.32. The molecular weight excluding hydrogens is 429 g/mol. The van der Waals surface area contributed by atoms with Gasteiger partial charge in [0.05, 0.1) is 13.7 Å². The lowest BCUT2D eigenvalue weighted by Crippen LogP contribution is -2.38. The molecule has 2 aromatic carbocycles. The summed E-state index contributed by atoms with van der Waals surface area (Å²) in [5, 5.41) is 6.52. The molecule has 0 radical (unpaired) electrons. The monoisotopic (exact) mass is 455 g/mol. The van der Waals surface area contributed by atoms with Crippen LogP contribution in [0.5, 0.6) is 11.5 Å². The van der Waals surface area contributed by atoms with E-state index >= 15 is 0 Å². The number of nitrogens with zero attached hydrogens (tertiary/aromatic N) is 1. The number of nitrogens with one attached hydrogen (secondary N) is 2. The predicted octanol–water partition coefficient (Wildman–Crippen LogP) is 3.37. The number of hydrogen-bond donors (Lipinski definition) is 2. The number of ether oxygens (including phenoxy) is 2. The summed E-state index contributed by atoms with van der Waals surface area (Å²) in [6, 6.07) is 15.9. The average Bonchev–Trinajstić information content (AvgIpc) is 2.62. The first-order chi connectivity index (χ1) is 11.7. The van der Waals surface area contributed by atoms with Gasteiger partial charge in [0.2, 0.25) is 0 Å². The molecule has 5 nitrogen and oxygen atoms in total. The van der Waals surface area contributed by atoms with E-state index in [0.717, 1.165) is 28.6 Å². The number of aliphatic imine (C=N–C) groups is 1. The van der Waals surface area contributed by atoms with Crippen LogP contribution in [0.25, 0.3) is 0 Å². The fourth-order valence-corrected chi connectivity index (χ4v) is 2.24. The summed E-state index contributed by atoms with van der Waals surface area (Å²) in [6.45, 7) is 3.96. The van der Waals surface area contributed by atoms with Crippen molar-refractivity contribution in [2.24, 2.45) is 4.99 Å². The average molecular weight is 455 g/mol. The molecule has 0 fully saturated rings. The maximum absolute atomic E-state index is 5.76. The number of halogens is 1. The first kappa shape index (κ1) is 21.1. The quantitative estimate of drug-likeness (QED) is 0.291. The van der Waals surface area contributed by atoms with E-state index in [0.29, 0.717) is 19.7 Å². The fourth-order valence-electron chi connectivity index (χ4n) is 2.24. The Morgan fingerprint density at radius 2 is 1.88 bits per heavy atom. The highest BCUT2D eigenvalue weighted by Gasteiger charge is 2.01. The SMILES string of the molecule is CN=C(NCCOc1ccccc1C)NCc1cccc(OC)c1.I. The molecule has 2 aromatic rings. The first-order valence-corrected chi connectivity index (χ1v) is 7.99. The van der Waals surface area contributed by atoms with Crippen LogP contribution in [0, 0.1) is 6.92 Å². The summed E-state index contributed by atoms with van der Waals surface area (Å²) >= 11 is 0. The van der Waals surface area contributed by atoms with Crippen LogP contribution in [0.3, 0.4) is 0 Å². The molecule has 136 valence electrons. The van der Waals surface area contributed by atoms with Crippen molar-refractivity contribution in [3.63, 3.8) is 0 Å². The fraction of sp³-hybridized carbons (Fsp3) is 0.316. The van der Waals surface area contributed by atoms with E-state index < -0.39 is 0 Å². The van der Waals surface area contributed by atoms with Crippen LogP contribution >= 0.6 is 24.0 Å². The maximum Gasteiger partial charge on any atom is 0.191 e. The van der Waals surface area contributed by atoms with Crippen molar-refractivity contribution < 1.29 is 9.47 Å². The van der Waals surface area contributed by atoms with E-state index in [2.05, 4.69) is 15.6 Å². The zero-order valence-electron chi connectivity index (χ0n) is 14.9. The van der Waals surface area contributed by atoms with Crippen molar-refractivity contribution in [3.05, 3.63) is 59.7 Å². The minimum absolute atomic E-state index is 0. The van der Waals surface area contributed by atoms with Crippen LogP contribution in [0.2, 0.25) is 0 Å². The van der Waals surface area contributed by atoms with Gasteiger partial charge in [-0.3, -0.25) is 4.99 Å². The van der Waals surface area contributed by atoms with E-state index in [9.17, 15) is 0 Å². The summed E-state index contributed by atoms with van der Waals surface area (Å²) in [5.74, 6) is 2.51. The number of aryl methyl sites for hydroxylation is 1. The molecular formula is C19H26IN3O2. The van der Waals surface area contributed by atoms with Crippen molar-refractivity contribution >= 4 is 29.9 Å². The Hall–Kier alpha value is -1.96. The van der Waals surface area contributed by atoms with E-state index in [-0.39, 0.29) is 24.0 Å². The van der Waals surface area contributed by atoms with Gasteiger partial charge in [-0.2, -0.15) is 0 Å². The predicted molar refractivity (Wildman–Crippen MR) is 113 cm³/mol. The van der Waals surface area contributed by atoms with Gasteiger partial charge < -0.3 is 20.1 Å². The minimum Gasteiger partial charge on any atom is -0.497 e. The van der Waals surface area contributed by atoms with Gasteiger partial charge in [0.25, 0.3) is 0 Å². The van der Waals surface area contributed by atoms with Gasteiger partial charge in [-0.25, -0.2) is 0 Å². The van der Waals surface area contributed by atoms with Crippen LogP contribution < -0.4 is 20.1 Å². The Balaban J connectivity index is 0.00000312. The van der Waals surface area contributed by atoms with Gasteiger partial charge in [-0.1, -0.05) is 30.3 Å². The molecule has 0 heterocycles. The molecule has 0 aliphatic rings. The van der Waals surface area contributed by atoms with Gasteiger partial charge in [0, 0.05) is 13.6 Å². The van der Waals surface area contributed by atoms with Crippen LogP contribution in [0.4, 0.5) is 0 Å². The van der Waals surface area contributed by atoms with Gasteiger partial charge in [-0.15, -0.1) is 24.0 Å². The van der Waals surface area contributed by atoms with Crippen molar-refractivity contribution in [1.29, 1.82) is 0 Å². The van der Waals surface area contributed by atoms with E-state index in [1.165, 1.54) is 0 Å². The second-order valence-corrected chi connectivity index (χ2v) is 5.32. The third kappa shape index (κ3) is 7.21. The maximum atomic E-state index is 5.76. The number of methoxy groups -OCH3 is 1.